The molecule has 0 atom stereocenters. The first-order valence-corrected chi connectivity index (χ1v) is 24.9. The fourth-order valence-corrected chi connectivity index (χ4v) is 12.2. The van der Waals surface area contributed by atoms with Crippen molar-refractivity contribution in [3.8, 4) is 0 Å². The first-order chi connectivity index (χ1) is 25.7. The van der Waals surface area contributed by atoms with E-state index in [1.807, 2.05) is 68.4 Å². The summed E-state index contributed by atoms with van der Waals surface area (Å²) < 4.78 is 136. The van der Waals surface area contributed by atoms with Gasteiger partial charge in [0, 0.05) is 50.5 Å². The third-order valence-electron chi connectivity index (χ3n) is 10.1. The van der Waals surface area contributed by atoms with E-state index in [0.29, 0.717) is 31.5 Å². The van der Waals surface area contributed by atoms with E-state index in [2.05, 4.69) is 0 Å². The molecule has 4 heterocycles. The number of thiophene rings is 2. The van der Waals surface area contributed by atoms with Crippen LogP contribution < -0.4 is 4.90 Å². The Morgan fingerprint density at radius 3 is 1.96 bits per heavy atom. The van der Waals surface area contributed by atoms with Crippen LogP contribution in [0.3, 0.4) is 0 Å². The van der Waals surface area contributed by atoms with Gasteiger partial charge in [-0.05, 0) is 68.7 Å². The molecule has 0 amide bonds. The van der Waals surface area contributed by atoms with Crippen molar-refractivity contribution in [2.45, 2.75) is 66.7 Å². The van der Waals surface area contributed by atoms with Crippen LogP contribution >= 0.6 is 22.7 Å². The van der Waals surface area contributed by atoms with Gasteiger partial charge < -0.3 is 4.90 Å². The van der Waals surface area contributed by atoms with Gasteiger partial charge in [-0.3, -0.25) is 18.2 Å². The van der Waals surface area contributed by atoms with Crippen LogP contribution in [0.1, 0.15) is 57.2 Å². The van der Waals surface area contributed by atoms with Crippen LogP contribution in [0.5, 0.6) is 0 Å². The Hall–Kier alpha value is -3.31. The lowest BCUT2D eigenvalue weighted by Gasteiger charge is -2.27. The van der Waals surface area contributed by atoms with Crippen molar-refractivity contribution in [3.05, 3.63) is 83.1 Å². The molecule has 4 N–H and O–H groups in total. The molecule has 0 unspecified atom stereocenters. The van der Waals surface area contributed by atoms with Gasteiger partial charge in [-0.15, -0.1) is 22.7 Å². The smallest absolute Gasteiger partial charge is 0.304 e. The van der Waals surface area contributed by atoms with Gasteiger partial charge in [0.05, 0.1) is 28.0 Å². The molecule has 2 aromatic carbocycles. The molecule has 0 radical (unpaired) electrons. The number of nitrogens with zero attached hydrogens (tertiary/aromatic N) is 2. The number of hydrogen-bond acceptors (Lipinski definition) is 11. The Morgan fingerprint density at radius 1 is 0.732 bits per heavy atom. The Labute approximate surface area is 334 Å². The number of fused-ring (bicyclic) bond motifs is 6. The average Bonchev–Trinajstić information content (AvgIpc) is 3.78. The molecule has 302 valence electrons. The van der Waals surface area contributed by atoms with Gasteiger partial charge in [-0.2, -0.15) is 38.2 Å². The highest BCUT2D eigenvalue weighted by atomic mass is 32.3. The van der Waals surface area contributed by atoms with Gasteiger partial charge >= 0.3 is 20.2 Å². The van der Waals surface area contributed by atoms with Gasteiger partial charge in [0.1, 0.15) is 15.0 Å². The molecule has 6 rings (SSSR count). The second kappa shape index (κ2) is 14.5. The number of allylic oxidation sites excluding steroid dienone is 6. The van der Waals surface area contributed by atoms with Gasteiger partial charge in [-0.1, -0.05) is 38.1 Å². The van der Waals surface area contributed by atoms with Crippen molar-refractivity contribution in [2.24, 2.45) is 0 Å². The zero-order valence-electron chi connectivity index (χ0n) is 30.9. The molecule has 0 aliphatic carbocycles. The second-order valence-corrected chi connectivity index (χ2v) is 23.4. The second-order valence-electron chi connectivity index (χ2n) is 14.8. The molecule has 0 bridgehead atoms. The van der Waals surface area contributed by atoms with Crippen LogP contribution in [0.4, 0.5) is 11.4 Å². The summed E-state index contributed by atoms with van der Waals surface area (Å²) in [6.45, 7) is 10.1. The predicted molar refractivity (Wildman–Crippen MR) is 220 cm³/mol. The van der Waals surface area contributed by atoms with E-state index in [1.54, 1.807) is 24.3 Å². The molecule has 0 saturated carbocycles. The Kier molecular flexibility index (Phi) is 11.0. The molecule has 2 aromatic heterocycles. The summed E-state index contributed by atoms with van der Waals surface area (Å²) in [5, 5.41) is 1.15. The highest BCUT2D eigenvalue weighted by molar-refractivity contribution is 7.88. The van der Waals surface area contributed by atoms with E-state index in [9.17, 15) is 51.9 Å². The molecule has 20 heteroatoms. The van der Waals surface area contributed by atoms with Crippen LogP contribution in [-0.2, 0) is 51.3 Å². The number of benzene rings is 2. The van der Waals surface area contributed by atoms with Crippen LogP contribution in [0, 0.1) is 6.92 Å². The standard InChI is InChI=1S/C36H40N2O12S6/c1-22-19-26-33(24-21-31(52-34(22)24)56(48,49)50)38(16-10-18-54(42,43)44)29(36(26,4)5)12-8-6-7-11-28-35(2,3)25-13-14-27-23(20-30(51-27)55(45,46)47)32(25)37(28)15-9-17-53(39,40)41/h6-8,11-14,19-21H,9-10,15-18H2,1-5H3,(H3-,39,40,41,42,43,44,45,46,47,48,49,50)/p+1. The molecule has 0 fully saturated rings. The largest absolute Gasteiger partial charge is 0.343 e. The summed E-state index contributed by atoms with van der Waals surface area (Å²) in [4.78, 5) is 1.90. The van der Waals surface area contributed by atoms with E-state index in [1.165, 1.54) is 12.1 Å². The highest BCUT2D eigenvalue weighted by Gasteiger charge is 2.46. The number of rotatable bonds is 13. The molecule has 2 aliphatic rings. The number of anilines is 1. The Morgan fingerprint density at radius 2 is 1.34 bits per heavy atom. The maximum Gasteiger partial charge on any atom is 0.304 e. The molecular formula is C36H41N2O12S6+. The minimum Gasteiger partial charge on any atom is -0.343 e. The van der Waals surface area contributed by atoms with Crippen LogP contribution in [0.25, 0.3) is 20.2 Å². The molecular weight excluding hydrogens is 845 g/mol. The lowest BCUT2D eigenvalue weighted by molar-refractivity contribution is -0.435. The maximum atomic E-state index is 12.1. The lowest BCUT2D eigenvalue weighted by atomic mass is 9.80. The zero-order valence-corrected chi connectivity index (χ0v) is 35.8. The van der Waals surface area contributed by atoms with Crippen LogP contribution in [-0.4, -0.2) is 86.8 Å². The average molecular weight is 886 g/mol. The molecule has 56 heavy (non-hydrogen) atoms. The van der Waals surface area contributed by atoms with Gasteiger partial charge in [-0.25, -0.2) is 0 Å². The number of aryl methyl sites for hydroxylation is 1. The molecule has 2 aliphatic heterocycles. The van der Waals surface area contributed by atoms with Crippen LogP contribution in [0.15, 0.2) is 74.8 Å². The SMILES string of the molecule is Cc1cc2c(c3cc(S(=O)(=O)O)sc13)[N+](CCCS(=O)(=O)O)=C(/C=C/C=C/C=C1\N(CCCS(=O)(=O)O)c3c(ccc4sc(S(=O)(=O)O)cc34)C1(C)C)C2(C)C. The quantitative estimate of drug-likeness (QED) is 0.0628. The molecule has 14 nitrogen and oxygen atoms in total. The highest BCUT2D eigenvalue weighted by Crippen LogP contribution is 2.52. The summed E-state index contributed by atoms with van der Waals surface area (Å²) in [5.41, 5.74) is 4.08. The van der Waals surface area contributed by atoms with E-state index < -0.39 is 62.8 Å². The summed E-state index contributed by atoms with van der Waals surface area (Å²) in [5.74, 6) is -0.987. The first-order valence-electron chi connectivity index (χ1n) is 17.2. The van der Waals surface area contributed by atoms with E-state index in [4.69, 9.17) is 0 Å². The van der Waals surface area contributed by atoms with E-state index >= 15 is 0 Å². The summed E-state index contributed by atoms with van der Waals surface area (Å²) >= 11 is 1.85. The Balaban J connectivity index is 1.42. The van der Waals surface area contributed by atoms with Gasteiger partial charge in [0.2, 0.25) is 5.69 Å². The van der Waals surface area contributed by atoms with Crippen molar-refractivity contribution in [3.63, 3.8) is 0 Å². The molecule has 4 aromatic rings. The van der Waals surface area contributed by atoms with Gasteiger partial charge in [0.25, 0.3) is 20.2 Å². The first kappa shape index (κ1) is 42.3. The van der Waals surface area contributed by atoms with Crippen molar-refractivity contribution in [1.29, 1.82) is 0 Å². The van der Waals surface area contributed by atoms with Crippen molar-refractivity contribution in [1.82, 2.24) is 0 Å². The predicted octanol–water partition coefficient (Wildman–Crippen LogP) is 6.64. The normalized spacial score (nSPS) is 18.1. The monoisotopic (exact) mass is 885 g/mol. The lowest BCUT2D eigenvalue weighted by Crippen LogP contribution is -2.28. The maximum absolute atomic E-state index is 12.1. The van der Waals surface area contributed by atoms with Crippen molar-refractivity contribution in [2.75, 3.05) is 29.5 Å². The summed E-state index contributed by atoms with van der Waals surface area (Å²) in [6, 6.07) is 8.43. The van der Waals surface area contributed by atoms with E-state index in [-0.39, 0.29) is 34.3 Å². The third kappa shape index (κ3) is 8.18. The molecule has 0 saturated heterocycles. The minimum atomic E-state index is -4.50. The van der Waals surface area contributed by atoms with E-state index in [0.717, 1.165) is 50.8 Å². The summed E-state index contributed by atoms with van der Waals surface area (Å²) in [7, 11) is -17.5. The topological polar surface area (TPSA) is 224 Å². The fourth-order valence-electron chi connectivity index (χ4n) is 7.64. The summed E-state index contributed by atoms with van der Waals surface area (Å²) in [6.07, 6.45) is 9.21. The number of hydrogen-bond donors (Lipinski definition) is 4. The Bertz CT molecular complexity index is 2880. The van der Waals surface area contributed by atoms with Crippen LogP contribution in [0.2, 0.25) is 0 Å². The van der Waals surface area contributed by atoms with Gasteiger partial charge in [0.15, 0.2) is 5.71 Å². The van der Waals surface area contributed by atoms with Crippen molar-refractivity contribution >= 4 is 100 Å². The van der Waals surface area contributed by atoms with Crippen molar-refractivity contribution < 1.29 is 56.5 Å². The third-order valence-corrected chi connectivity index (χ3v) is 16.7. The minimum absolute atomic E-state index is 0.0600. The fraction of sp³-hybridized carbons (Fsp3) is 0.361. The zero-order chi connectivity index (χ0) is 41.4. The molecule has 0 spiro atoms.